The number of amides is 1. The molecule has 0 aliphatic heterocycles. The molecular weight excluding hydrogens is 250 g/mol. The second-order valence-electron chi connectivity index (χ2n) is 3.86. The van der Waals surface area contributed by atoms with E-state index in [9.17, 15) is 4.79 Å². The number of nitrogens with one attached hydrogen (secondary N) is 1. The molecule has 0 aliphatic rings. The topological polar surface area (TPSA) is 93.8 Å². The van der Waals surface area contributed by atoms with Crippen molar-refractivity contribution in [1.29, 1.82) is 0 Å². The Labute approximate surface area is 108 Å². The smallest absolute Gasteiger partial charge is 0.227 e. The lowest BCUT2D eigenvalue weighted by molar-refractivity contribution is -0.116. The minimum absolute atomic E-state index is 0.159. The molecule has 1 atom stereocenters. The third-order valence-electron chi connectivity index (χ3n) is 2.06. The van der Waals surface area contributed by atoms with Crippen molar-refractivity contribution in [2.45, 2.75) is 19.4 Å². The van der Waals surface area contributed by atoms with Gasteiger partial charge in [0.1, 0.15) is 5.69 Å². The van der Waals surface area contributed by atoms with Crippen LogP contribution in [0.25, 0.3) is 10.7 Å². The molecule has 1 unspecified atom stereocenters. The van der Waals surface area contributed by atoms with Crippen LogP contribution in [0.4, 0.5) is 5.13 Å². The summed E-state index contributed by atoms with van der Waals surface area (Å²) in [6.45, 7) is 1.78. The van der Waals surface area contributed by atoms with Gasteiger partial charge in [-0.05, 0) is 19.1 Å². The standard InChI is InChI=1S/C11H13N5OS/c1-7(12)6-9(17)14-11-16-15-10(18-11)8-4-2-3-5-13-8/h2-5,7H,6,12H2,1H3,(H,14,16,17). The molecule has 2 heterocycles. The van der Waals surface area contributed by atoms with E-state index in [1.807, 2.05) is 18.2 Å². The number of aromatic nitrogens is 3. The first kappa shape index (κ1) is 12.6. The predicted octanol–water partition coefficient (Wildman–Crippen LogP) is 1.28. The van der Waals surface area contributed by atoms with E-state index in [0.717, 1.165) is 5.69 Å². The van der Waals surface area contributed by atoms with Crippen molar-refractivity contribution in [3.8, 4) is 10.7 Å². The maximum atomic E-state index is 11.5. The second kappa shape index (κ2) is 5.65. The van der Waals surface area contributed by atoms with Crippen LogP contribution in [0, 0.1) is 0 Å². The summed E-state index contributed by atoms with van der Waals surface area (Å²) < 4.78 is 0. The summed E-state index contributed by atoms with van der Waals surface area (Å²) in [5, 5.41) is 11.7. The second-order valence-corrected chi connectivity index (χ2v) is 4.83. The van der Waals surface area contributed by atoms with Crippen LogP contribution in [0.5, 0.6) is 0 Å². The Hall–Kier alpha value is -1.86. The van der Waals surface area contributed by atoms with Crippen LogP contribution in [0.1, 0.15) is 13.3 Å². The van der Waals surface area contributed by atoms with E-state index in [0.29, 0.717) is 10.1 Å². The first-order chi connectivity index (χ1) is 8.65. The Balaban J connectivity index is 2.05. The molecule has 0 saturated heterocycles. The molecule has 0 saturated carbocycles. The Morgan fingerprint density at radius 3 is 3.00 bits per heavy atom. The van der Waals surface area contributed by atoms with Gasteiger partial charge in [-0.3, -0.25) is 9.78 Å². The van der Waals surface area contributed by atoms with Gasteiger partial charge in [-0.1, -0.05) is 17.4 Å². The molecule has 18 heavy (non-hydrogen) atoms. The van der Waals surface area contributed by atoms with Crippen LogP contribution in [0.15, 0.2) is 24.4 Å². The Kier molecular flexibility index (Phi) is 3.96. The zero-order valence-electron chi connectivity index (χ0n) is 9.83. The lowest BCUT2D eigenvalue weighted by Crippen LogP contribution is -2.23. The fourth-order valence-electron chi connectivity index (χ4n) is 1.33. The molecular formula is C11H13N5OS. The molecule has 2 aromatic rings. The average Bonchev–Trinajstić information content (AvgIpc) is 2.77. The third kappa shape index (κ3) is 3.31. The van der Waals surface area contributed by atoms with Crippen molar-refractivity contribution < 1.29 is 4.79 Å². The number of hydrogen-bond acceptors (Lipinski definition) is 6. The fraction of sp³-hybridized carbons (Fsp3) is 0.273. The van der Waals surface area contributed by atoms with Gasteiger partial charge in [-0.2, -0.15) is 0 Å². The Morgan fingerprint density at radius 2 is 2.33 bits per heavy atom. The number of hydrogen-bond donors (Lipinski definition) is 2. The first-order valence-corrected chi connectivity index (χ1v) is 6.27. The van der Waals surface area contributed by atoms with Crippen LogP contribution in [0.3, 0.4) is 0 Å². The summed E-state index contributed by atoms with van der Waals surface area (Å²) in [5.41, 5.74) is 6.28. The summed E-state index contributed by atoms with van der Waals surface area (Å²) in [5.74, 6) is -0.159. The van der Waals surface area contributed by atoms with Crippen LogP contribution in [-0.4, -0.2) is 27.1 Å². The van der Waals surface area contributed by atoms with Gasteiger partial charge in [0.25, 0.3) is 0 Å². The van der Waals surface area contributed by atoms with Crippen molar-refractivity contribution in [3.63, 3.8) is 0 Å². The molecule has 94 valence electrons. The van der Waals surface area contributed by atoms with E-state index in [1.165, 1.54) is 11.3 Å². The van der Waals surface area contributed by atoms with Gasteiger partial charge in [-0.15, -0.1) is 10.2 Å². The minimum Gasteiger partial charge on any atom is -0.327 e. The lowest BCUT2D eigenvalue weighted by Gasteiger charge is -2.03. The van der Waals surface area contributed by atoms with E-state index in [4.69, 9.17) is 5.73 Å². The maximum Gasteiger partial charge on any atom is 0.227 e. The molecule has 0 radical (unpaired) electrons. The minimum atomic E-state index is -0.173. The van der Waals surface area contributed by atoms with Crippen LogP contribution >= 0.6 is 11.3 Å². The highest BCUT2D eigenvalue weighted by atomic mass is 32.1. The van der Waals surface area contributed by atoms with Crippen molar-refractivity contribution >= 4 is 22.4 Å². The van der Waals surface area contributed by atoms with E-state index in [-0.39, 0.29) is 18.4 Å². The molecule has 2 rings (SSSR count). The van der Waals surface area contributed by atoms with Gasteiger partial charge in [0, 0.05) is 18.7 Å². The molecule has 0 bridgehead atoms. The molecule has 3 N–H and O–H groups in total. The normalized spacial score (nSPS) is 12.1. The SMILES string of the molecule is CC(N)CC(=O)Nc1nnc(-c2ccccn2)s1. The van der Waals surface area contributed by atoms with Crippen LogP contribution in [-0.2, 0) is 4.79 Å². The van der Waals surface area contributed by atoms with Crippen molar-refractivity contribution in [2.75, 3.05) is 5.32 Å². The molecule has 0 aliphatic carbocycles. The van der Waals surface area contributed by atoms with Crippen LogP contribution < -0.4 is 11.1 Å². The fourth-order valence-corrected chi connectivity index (χ4v) is 2.07. The van der Waals surface area contributed by atoms with Crippen molar-refractivity contribution in [3.05, 3.63) is 24.4 Å². The first-order valence-electron chi connectivity index (χ1n) is 5.45. The summed E-state index contributed by atoms with van der Waals surface area (Å²) in [6.07, 6.45) is 1.95. The number of carbonyl (C=O) groups excluding carboxylic acids is 1. The molecule has 6 nitrogen and oxygen atoms in total. The molecule has 1 amide bonds. The molecule has 0 spiro atoms. The highest BCUT2D eigenvalue weighted by Gasteiger charge is 2.11. The van der Waals surface area contributed by atoms with E-state index in [1.54, 1.807) is 13.1 Å². The summed E-state index contributed by atoms with van der Waals surface area (Å²) in [6, 6.07) is 5.37. The van der Waals surface area contributed by atoms with E-state index < -0.39 is 0 Å². The predicted molar refractivity (Wildman–Crippen MR) is 70.0 cm³/mol. The van der Waals surface area contributed by atoms with Crippen molar-refractivity contribution in [1.82, 2.24) is 15.2 Å². The Bertz CT molecular complexity index is 525. The zero-order valence-corrected chi connectivity index (χ0v) is 10.6. The number of rotatable bonds is 4. The number of pyridine rings is 1. The largest absolute Gasteiger partial charge is 0.327 e. The highest BCUT2D eigenvalue weighted by Crippen LogP contribution is 2.24. The van der Waals surface area contributed by atoms with Gasteiger partial charge in [0.2, 0.25) is 11.0 Å². The quantitative estimate of drug-likeness (QED) is 0.866. The third-order valence-corrected chi connectivity index (χ3v) is 2.92. The number of nitrogens with two attached hydrogens (primary N) is 1. The van der Waals surface area contributed by atoms with Crippen molar-refractivity contribution in [2.24, 2.45) is 5.73 Å². The molecule has 0 aromatic carbocycles. The molecule has 7 heteroatoms. The van der Waals surface area contributed by atoms with E-state index in [2.05, 4.69) is 20.5 Å². The average molecular weight is 263 g/mol. The molecule has 2 aromatic heterocycles. The summed E-state index contributed by atoms with van der Waals surface area (Å²) in [4.78, 5) is 15.7. The highest BCUT2D eigenvalue weighted by molar-refractivity contribution is 7.18. The Morgan fingerprint density at radius 1 is 1.50 bits per heavy atom. The van der Waals surface area contributed by atoms with Gasteiger partial charge >= 0.3 is 0 Å². The van der Waals surface area contributed by atoms with Gasteiger partial charge < -0.3 is 11.1 Å². The van der Waals surface area contributed by atoms with E-state index >= 15 is 0 Å². The van der Waals surface area contributed by atoms with Gasteiger partial charge in [0.05, 0.1) is 0 Å². The molecule has 0 fully saturated rings. The number of carbonyl (C=O) groups is 1. The number of anilines is 1. The summed E-state index contributed by atoms with van der Waals surface area (Å²) in [7, 11) is 0. The van der Waals surface area contributed by atoms with Crippen LogP contribution in [0.2, 0.25) is 0 Å². The maximum absolute atomic E-state index is 11.5. The monoisotopic (exact) mass is 263 g/mol. The van der Waals surface area contributed by atoms with Gasteiger partial charge in [-0.25, -0.2) is 0 Å². The lowest BCUT2D eigenvalue weighted by atomic mass is 10.2. The summed E-state index contributed by atoms with van der Waals surface area (Å²) >= 11 is 1.28. The number of nitrogens with zero attached hydrogens (tertiary/aromatic N) is 3. The zero-order chi connectivity index (χ0) is 13.0. The van der Waals surface area contributed by atoms with Gasteiger partial charge in [0.15, 0.2) is 5.01 Å².